The number of amides is 3. The Hall–Kier alpha value is -2.77. The van der Waals surface area contributed by atoms with Crippen LogP contribution >= 0.6 is 11.6 Å². The molecule has 0 saturated carbocycles. The fourth-order valence-corrected chi connectivity index (χ4v) is 6.39. The number of rotatable bonds is 1. The van der Waals surface area contributed by atoms with E-state index in [2.05, 4.69) is 10.2 Å². The molecule has 158 valence electrons. The maximum Gasteiger partial charge on any atom is 0.250 e. The Labute approximate surface area is 183 Å². The largest absolute Gasteiger partial charge is 0.324 e. The molecule has 0 aromatic heterocycles. The summed E-state index contributed by atoms with van der Waals surface area (Å²) in [5.41, 5.74) is 1.18. The number of imide groups is 1. The van der Waals surface area contributed by atoms with Gasteiger partial charge in [0.05, 0.1) is 23.2 Å². The first-order valence-corrected chi connectivity index (χ1v) is 10.8. The van der Waals surface area contributed by atoms with Crippen molar-refractivity contribution in [3.05, 3.63) is 58.4 Å². The van der Waals surface area contributed by atoms with Crippen molar-refractivity contribution in [1.82, 2.24) is 4.90 Å². The van der Waals surface area contributed by atoms with Crippen LogP contribution in [0.1, 0.15) is 24.0 Å². The van der Waals surface area contributed by atoms with Crippen LogP contribution in [0, 0.1) is 24.6 Å². The highest BCUT2D eigenvalue weighted by molar-refractivity contribution is 6.32. The Kier molecular flexibility index (Phi) is 3.76. The lowest BCUT2D eigenvalue weighted by Gasteiger charge is -2.36. The van der Waals surface area contributed by atoms with Gasteiger partial charge in [0.25, 0.3) is 0 Å². The topological polar surface area (TPSA) is 69.7 Å². The van der Waals surface area contributed by atoms with Crippen LogP contribution in [0.15, 0.2) is 36.4 Å². The first kappa shape index (κ1) is 19.0. The van der Waals surface area contributed by atoms with Crippen molar-refractivity contribution in [2.24, 2.45) is 11.8 Å². The first-order valence-electron chi connectivity index (χ1n) is 10.4. The number of hydrogen-bond donors (Lipinski definition) is 1. The van der Waals surface area contributed by atoms with Gasteiger partial charge in [0, 0.05) is 16.6 Å². The lowest BCUT2D eigenvalue weighted by molar-refractivity contribution is -0.135. The van der Waals surface area contributed by atoms with Crippen molar-refractivity contribution in [3.8, 4) is 0 Å². The molecule has 6 rings (SSSR count). The molecule has 0 unspecified atom stereocenters. The summed E-state index contributed by atoms with van der Waals surface area (Å²) in [6.45, 7) is 2.48. The second-order valence-electron chi connectivity index (χ2n) is 8.71. The second-order valence-corrected chi connectivity index (χ2v) is 9.12. The molecular weight excluding hydrogens is 421 g/mol. The number of hydrogen-bond acceptors (Lipinski definition) is 4. The van der Waals surface area contributed by atoms with Gasteiger partial charge in [0.15, 0.2) is 0 Å². The number of carbonyl (C=O) groups is 3. The highest BCUT2D eigenvalue weighted by atomic mass is 35.5. The molecule has 2 aromatic carbocycles. The maximum atomic E-state index is 13.8. The van der Waals surface area contributed by atoms with Gasteiger partial charge in [0.1, 0.15) is 11.4 Å². The Morgan fingerprint density at radius 3 is 2.58 bits per heavy atom. The average Bonchev–Trinajstić information content (AvgIpc) is 3.45. The summed E-state index contributed by atoms with van der Waals surface area (Å²) in [7, 11) is 0. The van der Waals surface area contributed by atoms with Gasteiger partial charge >= 0.3 is 0 Å². The molecule has 4 aliphatic rings. The quantitative estimate of drug-likeness (QED) is 0.693. The van der Waals surface area contributed by atoms with Crippen LogP contribution < -0.4 is 10.2 Å². The zero-order valence-corrected chi connectivity index (χ0v) is 17.4. The molecule has 8 heteroatoms. The number of carbonyl (C=O) groups excluding carboxylic acids is 3. The van der Waals surface area contributed by atoms with E-state index in [0.29, 0.717) is 28.5 Å². The third-order valence-electron chi connectivity index (χ3n) is 7.45. The van der Waals surface area contributed by atoms with Crippen molar-refractivity contribution in [1.29, 1.82) is 0 Å². The van der Waals surface area contributed by atoms with Gasteiger partial charge in [-0.15, -0.1) is 0 Å². The van der Waals surface area contributed by atoms with Gasteiger partial charge in [-0.2, -0.15) is 0 Å². The number of halogens is 2. The van der Waals surface area contributed by atoms with Crippen LogP contribution in [0.4, 0.5) is 15.8 Å². The van der Waals surface area contributed by atoms with Crippen LogP contribution in [-0.4, -0.2) is 35.2 Å². The number of nitrogens with one attached hydrogen (secondary N) is 1. The van der Waals surface area contributed by atoms with E-state index >= 15 is 0 Å². The smallest absolute Gasteiger partial charge is 0.250 e. The summed E-state index contributed by atoms with van der Waals surface area (Å²) < 4.78 is 13.4. The summed E-state index contributed by atoms with van der Waals surface area (Å²) in [5.74, 6) is -2.91. The maximum absolute atomic E-state index is 13.8. The summed E-state index contributed by atoms with van der Waals surface area (Å²) in [5, 5.41) is 3.50. The summed E-state index contributed by atoms with van der Waals surface area (Å²) in [6.07, 6.45) is 1.59. The van der Waals surface area contributed by atoms with Gasteiger partial charge in [-0.05, 0) is 62.2 Å². The molecule has 3 saturated heterocycles. The first-order chi connectivity index (χ1) is 14.9. The van der Waals surface area contributed by atoms with Gasteiger partial charge in [0.2, 0.25) is 17.7 Å². The van der Waals surface area contributed by atoms with E-state index in [4.69, 9.17) is 11.6 Å². The summed E-state index contributed by atoms with van der Waals surface area (Å²) >= 11 is 6.30. The highest BCUT2D eigenvalue weighted by Crippen LogP contribution is 2.61. The van der Waals surface area contributed by atoms with Gasteiger partial charge < -0.3 is 5.32 Å². The fourth-order valence-electron chi connectivity index (χ4n) is 6.24. The molecule has 1 spiro atoms. The van der Waals surface area contributed by atoms with Crippen LogP contribution in [0.25, 0.3) is 0 Å². The van der Waals surface area contributed by atoms with Crippen molar-refractivity contribution in [2.45, 2.75) is 31.3 Å². The molecule has 0 aliphatic carbocycles. The monoisotopic (exact) mass is 439 g/mol. The van der Waals surface area contributed by atoms with Gasteiger partial charge in [-0.1, -0.05) is 17.7 Å². The lowest BCUT2D eigenvalue weighted by Crippen LogP contribution is -2.54. The number of benzene rings is 2. The van der Waals surface area contributed by atoms with E-state index in [1.54, 1.807) is 12.1 Å². The Morgan fingerprint density at radius 1 is 1.10 bits per heavy atom. The molecule has 0 bridgehead atoms. The van der Waals surface area contributed by atoms with Crippen molar-refractivity contribution in [3.63, 3.8) is 0 Å². The van der Waals surface area contributed by atoms with Crippen molar-refractivity contribution in [2.75, 3.05) is 16.8 Å². The second kappa shape index (κ2) is 6.14. The van der Waals surface area contributed by atoms with E-state index in [1.165, 1.54) is 24.3 Å². The molecule has 4 atom stereocenters. The molecule has 4 heterocycles. The van der Waals surface area contributed by atoms with Gasteiger partial charge in [-0.25, -0.2) is 9.29 Å². The van der Waals surface area contributed by atoms with E-state index in [1.807, 2.05) is 6.92 Å². The summed E-state index contributed by atoms with van der Waals surface area (Å²) in [4.78, 5) is 44.1. The third-order valence-corrected chi connectivity index (χ3v) is 7.86. The van der Waals surface area contributed by atoms with Crippen molar-refractivity contribution < 1.29 is 18.8 Å². The van der Waals surface area contributed by atoms with Crippen LogP contribution in [0.5, 0.6) is 0 Å². The molecule has 3 fully saturated rings. The van der Waals surface area contributed by atoms with E-state index in [0.717, 1.165) is 23.3 Å². The minimum atomic E-state index is -1.24. The minimum Gasteiger partial charge on any atom is -0.324 e. The molecule has 1 N–H and O–H groups in total. The van der Waals surface area contributed by atoms with E-state index in [9.17, 15) is 18.8 Å². The van der Waals surface area contributed by atoms with E-state index in [-0.39, 0.29) is 17.9 Å². The molecule has 6 nitrogen and oxygen atoms in total. The number of nitrogens with zero attached hydrogens (tertiary/aromatic N) is 2. The van der Waals surface area contributed by atoms with Crippen LogP contribution in [0.2, 0.25) is 5.02 Å². The average molecular weight is 440 g/mol. The third kappa shape index (κ3) is 2.13. The SMILES string of the molecule is Cc1c(Cl)ccc2c1NC(=O)[C@]21[C@@H]2C(=O)N(c3ccc(F)cc3)C(=O)[C@@H]2[C@H]2CCCN21. The standard InChI is InChI=1S/C23H19ClFN3O3/c1-11-15(24)9-8-14-19(11)26-22(31)23(14)18-17(16-3-2-10-27(16)23)20(29)28(21(18)30)13-6-4-12(25)5-7-13/h4-9,16-18H,2-3,10H2,1H3,(H,26,31)/t16-,17-,18+,23-/m1/s1. The van der Waals surface area contributed by atoms with E-state index < -0.39 is 29.1 Å². The zero-order chi connectivity index (χ0) is 21.7. The number of anilines is 2. The Bertz CT molecular complexity index is 1180. The summed E-state index contributed by atoms with van der Waals surface area (Å²) in [6, 6.07) is 8.66. The normalized spacial score (nSPS) is 31.4. The van der Waals surface area contributed by atoms with Gasteiger partial charge in [-0.3, -0.25) is 19.3 Å². The lowest BCUT2D eigenvalue weighted by atomic mass is 9.75. The molecule has 2 aromatic rings. The molecule has 0 radical (unpaired) electrons. The zero-order valence-electron chi connectivity index (χ0n) is 16.7. The van der Waals surface area contributed by atoms with Crippen molar-refractivity contribution >= 4 is 40.7 Å². The Morgan fingerprint density at radius 2 is 1.84 bits per heavy atom. The predicted molar refractivity (Wildman–Crippen MR) is 112 cm³/mol. The fraction of sp³-hybridized carbons (Fsp3) is 0.348. The molecule has 31 heavy (non-hydrogen) atoms. The molecular formula is C23H19ClFN3O3. The minimum absolute atomic E-state index is 0.195. The number of fused-ring (bicyclic) bond motifs is 7. The Balaban J connectivity index is 1.56. The van der Waals surface area contributed by atoms with Crippen LogP contribution in [0.3, 0.4) is 0 Å². The highest BCUT2D eigenvalue weighted by Gasteiger charge is 2.74. The molecule has 3 amide bonds. The predicted octanol–water partition coefficient (Wildman–Crippen LogP) is 3.22. The molecule has 4 aliphatic heterocycles. The van der Waals surface area contributed by atoms with Crippen LogP contribution in [-0.2, 0) is 19.9 Å².